The summed E-state index contributed by atoms with van der Waals surface area (Å²) in [5.41, 5.74) is 0.595. The molecule has 0 unspecified atom stereocenters. The Hall–Kier alpha value is -1.35. The van der Waals surface area contributed by atoms with Gasteiger partial charge in [-0.1, -0.05) is 11.6 Å². The average molecular weight is 181 g/mol. The Morgan fingerprint density at radius 2 is 2.25 bits per heavy atom. The molecule has 0 aromatic carbocycles. The van der Waals surface area contributed by atoms with Crippen LogP contribution in [-0.2, 0) is 4.79 Å². The number of halogens is 1. The molecule has 4 heteroatoms. The molecule has 2 aromatic rings. The summed E-state index contributed by atoms with van der Waals surface area (Å²) < 4.78 is 1.39. The third-order valence-electron chi connectivity index (χ3n) is 1.64. The molecule has 0 aliphatic heterocycles. The number of fused-ring (bicyclic) bond motifs is 1. The smallest absolute Gasteiger partial charge is 0.219 e. The number of hydrogen-bond acceptors (Lipinski definition) is 2. The van der Waals surface area contributed by atoms with E-state index >= 15 is 0 Å². The first-order chi connectivity index (χ1) is 5.81. The zero-order valence-electron chi connectivity index (χ0n) is 6.07. The predicted molar refractivity (Wildman–Crippen MR) is 46.9 cm³/mol. The lowest BCUT2D eigenvalue weighted by Crippen LogP contribution is -1.93. The quantitative estimate of drug-likeness (QED) is 0.495. The molecular formula is C8H5ClN2O. The van der Waals surface area contributed by atoms with E-state index in [0.29, 0.717) is 17.2 Å². The fourth-order valence-electron chi connectivity index (χ4n) is 1.09. The Bertz CT molecular complexity index is 436. The van der Waals surface area contributed by atoms with Crippen LogP contribution in [0.4, 0.5) is 0 Å². The SMILES string of the molecule is O=Cn1ccc2ccc(Cl)nc21. The van der Waals surface area contributed by atoms with Gasteiger partial charge in [-0.15, -0.1) is 0 Å². The van der Waals surface area contributed by atoms with E-state index in [1.165, 1.54) is 4.57 Å². The molecular weight excluding hydrogens is 176 g/mol. The van der Waals surface area contributed by atoms with Crippen molar-refractivity contribution in [2.45, 2.75) is 0 Å². The van der Waals surface area contributed by atoms with E-state index in [2.05, 4.69) is 4.98 Å². The van der Waals surface area contributed by atoms with Crippen molar-refractivity contribution in [3.8, 4) is 0 Å². The maximum Gasteiger partial charge on any atom is 0.219 e. The molecule has 2 heterocycles. The minimum atomic E-state index is 0.393. The number of pyridine rings is 1. The highest BCUT2D eigenvalue weighted by molar-refractivity contribution is 6.29. The number of carbonyl (C=O) groups is 1. The Morgan fingerprint density at radius 1 is 1.42 bits per heavy atom. The van der Waals surface area contributed by atoms with Gasteiger partial charge in [0.25, 0.3) is 0 Å². The third-order valence-corrected chi connectivity index (χ3v) is 1.85. The van der Waals surface area contributed by atoms with E-state index < -0.39 is 0 Å². The molecule has 0 atom stereocenters. The van der Waals surface area contributed by atoms with E-state index in [4.69, 9.17) is 11.6 Å². The van der Waals surface area contributed by atoms with Gasteiger partial charge in [-0.3, -0.25) is 9.36 Å². The molecule has 0 aliphatic rings. The largest absolute Gasteiger partial charge is 0.278 e. The van der Waals surface area contributed by atoms with Gasteiger partial charge in [0, 0.05) is 11.6 Å². The lowest BCUT2D eigenvalue weighted by molar-refractivity contribution is 0.548. The van der Waals surface area contributed by atoms with Gasteiger partial charge in [-0.05, 0) is 18.2 Å². The van der Waals surface area contributed by atoms with Crippen molar-refractivity contribution in [3.05, 3.63) is 29.5 Å². The molecule has 0 aliphatic carbocycles. The van der Waals surface area contributed by atoms with Gasteiger partial charge in [0.2, 0.25) is 6.41 Å². The van der Waals surface area contributed by atoms with Gasteiger partial charge in [-0.25, -0.2) is 4.98 Å². The molecule has 0 spiro atoms. The van der Waals surface area contributed by atoms with Crippen LogP contribution in [0.15, 0.2) is 24.4 Å². The number of rotatable bonds is 1. The fraction of sp³-hybridized carbons (Fsp3) is 0. The summed E-state index contributed by atoms with van der Waals surface area (Å²) in [6.07, 6.45) is 2.35. The topological polar surface area (TPSA) is 34.9 Å². The summed E-state index contributed by atoms with van der Waals surface area (Å²) in [7, 11) is 0. The lowest BCUT2D eigenvalue weighted by atomic mass is 10.3. The van der Waals surface area contributed by atoms with E-state index in [1.54, 1.807) is 12.3 Å². The van der Waals surface area contributed by atoms with Crippen molar-refractivity contribution in [2.75, 3.05) is 0 Å². The molecule has 0 saturated carbocycles. The monoisotopic (exact) mass is 180 g/mol. The molecule has 2 aromatic heterocycles. The minimum absolute atomic E-state index is 0.393. The molecule has 12 heavy (non-hydrogen) atoms. The molecule has 0 saturated heterocycles. The van der Waals surface area contributed by atoms with Crippen LogP contribution in [0, 0.1) is 0 Å². The van der Waals surface area contributed by atoms with Crippen molar-refractivity contribution in [1.82, 2.24) is 9.55 Å². The molecule has 60 valence electrons. The summed E-state index contributed by atoms with van der Waals surface area (Å²) >= 11 is 5.66. The number of nitrogens with zero attached hydrogens (tertiary/aromatic N) is 2. The maximum absolute atomic E-state index is 10.5. The summed E-state index contributed by atoms with van der Waals surface area (Å²) in [5, 5.41) is 1.30. The standard InChI is InChI=1S/C8H5ClN2O/c9-7-2-1-6-3-4-11(5-12)8(6)10-7/h1-5H. The Labute approximate surface area is 73.6 Å². The van der Waals surface area contributed by atoms with Crippen LogP contribution in [0.3, 0.4) is 0 Å². The van der Waals surface area contributed by atoms with Gasteiger partial charge >= 0.3 is 0 Å². The normalized spacial score (nSPS) is 10.4. The highest BCUT2D eigenvalue weighted by Gasteiger charge is 2.00. The molecule has 0 fully saturated rings. The van der Waals surface area contributed by atoms with E-state index in [-0.39, 0.29) is 0 Å². The van der Waals surface area contributed by atoms with Gasteiger partial charge in [0.15, 0.2) is 0 Å². The van der Waals surface area contributed by atoms with Crippen LogP contribution in [0.1, 0.15) is 0 Å². The minimum Gasteiger partial charge on any atom is -0.278 e. The van der Waals surface area contributed by atoms with E-state index in [9.17, 15) is 4.79 Å². The fourth-order valence-corrected chi connectivity index (χ4v) is 1.23. The first-order valence-corrected chi connectivity index (χ1v) is 3.77. The Balaban J connectivity index is 2.83. The summed E-state index contributed by atoms with van der Waals surface area (Å²) in [5.74, 6) is 0. The lowest BCUT2D eigenvalue weighted by Gasteiger charge is -1.93. The molecule has 0 amide bonds. The van der Waals surface area contributed by atoms with Gasteiger partial charge < -0.3 is 0 Å². The van der Waals surface area contributed by atoms with Crippen LogP contribution in [-0.4, -0.2) is 16.0 Å². The number of carbonyl (C=O) groups excluding carboxylic acids is 1. The zero-order chi connectivity index (χ0) is 8.55. The van der Waals surface area contributed by atoms with Crippen molar-refractivity contribution >= 4 is 29.0 Å². The second-order valence-corrected chi connectivity index (χ2v) is 2.76. The van der Waals surface area contributed by atoms with Gasteiger partial charge in [0.1, 0.15) is 10.8 Å². The number of aromatic nitrogens is 2. The summed E-state index contributed by atoms with van der Waals surface area (Å²) in [6.45, 7) is 0. The van der Waals surface area contributed by atoms with Gasteiger partial charge in [0.05, 0.1) is 0 Å². The molecule has 3 nitrogen and oxygen atoms in total. The van der Waals surface area contributed by atoms with Crippen molar-refractivity contribution in [3.63, 3.8) is 0 Å². The molecule has 0 radical (unpaired) electrons. The first kappa shape index (κ1) is 7.31. The summed E-state index contributed by atoms with van der Waals surface area (Å²) in [4.78, 5) is 14.5. The zero-order valence-corrected chi connectivity index (χ0v) is 6.82. The second kappa shape index (κ2) is 2.60. The second-order valence-electron chi connectivity index (χ2n) is 2.38. The number of hydrogen-bond donors (Lipinski definition) is 0. The Kier molecular flexibility index (Phi) is 1.59. The third kappa shape index (κ3) is 0.987. The predicted octanol–water partition coefficient (Wildman–Crippen LogP) is 1.73. The highest BCUT2D eigenvalue weighted by Crippen LogP contribution is 2.15. The van der Waals surface area contributed by atoms with Crippen LogP contribution in [0.2, 0.25) is 5.15 Å². The van der Waals surface area contributed by atoms with Crippen molar-refractivity contribution in [1.29, 1.82) is 0 Å². The van der Waals surface area contributed by atoms with Gasteiger partial charge in [-0.2, -0.15) is 0 Å². The van der Waals surface area contributed by atoms with Crippen molar-refractivity contribution in [2.24, 2.45) is 0 Å². The highest BCUT2D eigenvalue weighted by atomic mass is 35.5. The summed E-state index contributed by atoms with van der Waals surface area (Å²) in [6, 6.07) is 5.33. The average Bonchev–Trinajstić information content (AvgIpc) is 2.46. The van der Waals surface area contributed by atoms with Crippen LogP contribution >= 0.6 is 11.6 Å². The van der Waals surface area contributed by atoms with E-state index in [1.807, 2.05) is 12.1 Å². The first-order valence-electron chi connectivity index (χ1n) is 3.39. The van der Waals surface area contributed by atoms with Crippen molar-refractivity contribution < 1.29 is 4.79 Å². The molecule has 0 N–H and O–H groups in total. The van der Waals surface area contributed by atoms with Crippen LogP contribution < -0.4 is 0 Å². The maximum atomic E-state index is 10.5. The van der Waals surface area contributed by atoms with Crippen LogP contribution in [0.5, 0.6) is 0 Å². The van der Waals surface area contributed by atoms with Crippen LogP contribution in [0.25, 0.3) is 11.0 Å². The van der Waals surface area contributed by atoms with E-state index in [0.717, 1.165) is 5.39 Å². The molecule has 0 bridgehead atoms. The molecule has 2 rings (SSSR count). The Morgan fingerprint density at radius 3 is 3.00 bits per heavy atom.